The Bertz CT molecular complexity index is 920. The molecule has 0 fully saturated rings. The second-order valence-electron chi connectivity index (χ2n) is 6.72. The smallest absolute Gasteiger partial charge is 0.319 e. The first-order valence-electron chi connectivity index (χ1n) is 9.18. The maximum absolute atomic E-state index is 12.3. The van der Waals surface area contributed by atoms with Gasteiger partial charge in [0.1, 0.15) is 0 Å². The monoisotopic (exact) mass is 361 g/mol. The van der Waals surface area contributed by atoms with Crippen molar-refractivity contribution in [1.29, 1.82) is 0 Å². The SMILES string of the molecule is O=C(NCc1cccc2c1CCNC2)Nc1cccc(Cn2ccnc2)c1. The minimum Gasteiger partial charge on any atom is -0.334 e. The maximum Gasteiger partial charge on any atom is 0.319 e. The Morgan fingerprint density at radius 1 is 1.22 bits per heavy atom. The summed E-state index contributed by atoms with van der Waals surface area (Å²) in [4.78, 5) is 16.4. The second kappa shape index (κ2) is 8.05. The van der Waals surface area contributed by atoms with Gasteiger partial charge in [-0.25, -0.2) is 9.78 Å². The van der Waals surface area contributed by atoms with Crippen LogP contribution in [-0.2, 0) is 26.1 Å². The van der Waals surface area contributed by atoms with Crippen molar-refractivity contribution in [1.82, 2.24) is 20.2 Å². The largest absolute Gasteiger partial charge is 0.334 e. The summed E-state index contributed by atoms with van der Waals surface area (Å²) >= 11 is 0. The zero-order chi connectivity index (χ0) is 18.5. The quantitative estimate of drug-likeness (QED) is 0.654. The van der Waals surface area contributed by atoms with Gasteiger partial charge in [0.15, 0.2) is 0 Å². The van der Waals surface area contributed by atoms with Gasteiger partial charge >= 0.3 is 6.03 Å². The predicted molar refractivity (Wildman–Crippen MR) is 105 cm³/mol. The van der Waals surface area contributed by atoms with E-state index >= 15 is 0 Å². The van der Waals surface area contributed by atoms with Crippen LogP contribution in [0.3, 0.4) is 0 Å². The fourth-order valence-electron chi connectivity index (χ4n) is 3.47. The van der Waals surface area contributed by atoms with Crippen molar-refractivity contribution in [3.8, 4) is 0 Å². The van der Waals surface area contributed by atoms with Gasteiger partial charge in [-0.2, -0.15) is 0 Å². The van der Waals surface area contributed by atoms with E-state index in [2.05, 4.69) is 39.1 Å². The molecule has 1 aliphatic rings. The standard InChI is InChI=1S/C21H23N5O/c27-21(24-13-18-5-2-4-17-12-22-8-7-20(17)18)25-19-6-1-3-16(11-19)14-26-10-9-23-15-26/h1-6,9-11,15,22H,7-8,12-14H2,(H2,24,25,27). The number of benzene rings is 2. The summed E-state index contributed by atoms with van der Waals surface area (Å²) in [5, 5.41) is 9.28. The molecule has 1 aliphatic heterocycles. The van der Waals surface area contributed by atoms with E-state index in [9.17, 15) is 4.79 Å². The van der Waals surface area contributed by atoms with E-state index in [4.69, 9.17) is 0 Å². The molecule has 2 aromatic carbocycles. The molecule has 138 valence electrons. The normalized spacial score (nSPS) is 13.0. The number of amides is 2. The minimum absolute atomic E-state index is 0.193. The van der Waals surface area contributed by atoms with Crippen LogP contribution in [0.2, 0.25) is 0 Å². The Kier molecular flexibility index (Phi) is 5.16. The molecule has 3 aromatic rings. The van der Waals surface area contributed by atoms with Gasteiger partial charge in [-0.3, -0.25) is 0 Å². The average Bonchev–Trinajstić information content (AvgIpc) is 3.19. The molecule has 6 nitrogen and oxygen atoms in total. The molecule has 27 heavy (non-hydrogen) atoms. The summed E-state index contributed by atoms with van der Waals surface area (Å²) in [5.74, 6) is 0. The number of carbonyl (C=O) groups is 1. The predicted octanol–water partition coefficient (Wildman–Crippen LogP) is 2.90. The third kappa shape index (κ3) is 4.35. The molecule has 2 amide bonds. The van der Waals surface area contributed by atoms with Crippen molar-refractivity contribution in [3.63, 3.8) is 0 Å². The lowest BCUT2D eigenvalue weighted by Gasteiger charge is -2.20. The van der Waals surface area contributed by atoms with Crippen molar-refractivity contribution < 1.29 is 4.79 Å². The molecule has 0 radical (unpaired) electrons. The minimum atomic E-state index is -0.193. The van der Waals surface area contributed by atoms with Gasteiger partial charge in [0.05, 0.1) is 6.33 Å². The maximum atomic E-state index is 12.3. The Morgan fingerprint density at radius 2 is 2.15 bits per heavy atom. The van der Waals surface area contributed by atoms with Crippen LogP contribution in [-0.4, -0.2) is 22.1 Å². The lowest BCUT2D eigenvalue weighted by Crippen LogP contribution is -2.30. The third-order valence-corrected chi connectivity index (χ3v) is 4.79. The van der Waals surface area contributed by atoms with Crippen molar-refractivity contribution in [3.05, 3.63) is 83.4 Å². The Morgan fingerprint density at radius 3 is 3.04 bits per heavy atom. The number of nitrogens with one attached hydrogen (secondary N) is 3. The molecule has 0 saturated carbocycles. The highest BCUT2D eigenvalue weighted by Gasteiger charge is 2.13. The van der Waals surface area contributed by atoms with Gasteiger partial charge in [-0.05, 0) is 47.4 Å². The molecule has 0 unspecified atom stereocenters. The molecule has 0 aliphatic carbocycles. The second-order valence-corrected chi connectivity index (χ2v) is 6.72. The molecular weight excluding hydrogens is 338 g/mol. The summed E-state index contributed by atoms with van der Waals surface area (Å²) in [5.41, 5.74) is 5.77. The summed E-state index contributed by atoms with van der Waals surface area (Å²) < 4.78 is 1.99. The van der Waals surface area contributed by atoms with E-state index in [1.807, 2.05) is 35.0 Å². The number of anilines is 1. The highest BCUT2D eigenvalue weighted by Crippen LogP contribution is 2.18. The molecule has 2 heterocycles. The number of urea groups is 1. The van der Waals surface area contributed by atoms with Crippen molar-refractivity contribution >= 4 is 11.7 Å². The van der Waals surface area contributed by atoms with Gasteiger partial charge < -0.3 is 20.5 Å². The average molecular weight is 361 g/mol. The highest BCUT2D eigenvalue weighted by molar-refractivity contribution is 5.89. The molecule has 4 rings (SSSR count). The van der Waals surface area contributed by atoms with Gasteiger partial charge in [0.25, 0.3) is 0 Å². The number of aromatic nitrogens is 2. The molecule has 0 bridgehead atoms. The Labute approximate surface area is 158 Å². The number of hydrogen-bond acceptors (Lipinski definition) is 3. The van der Waals surface area contributed by atoms with Crippen LogP contribution < -0.4 is 16.0 Å². The lowest BCUT2D eigenvalue weighted by atomic mass is 9.95. The van der Waals surface area contributed by atoms with Crippen molar-refractivity contribution in [2.75, 3.05) is 11.9 Å². The summed E-state index contributed by atoms with van der Waals surface area (Å²) in [7, 11) is 0. The van der Waals surface area contributed by atoms with Crippen LogP contribution in [0.15, 0.2) is 61.2 Å². The lowest BCUT2D eigenvalue weighted by molar-refractivity contribution is 0.251. The third-order valence-electron chi connectivity index (χ3n) is 4.79. The van der Waals surface area contributed by atoms with E-state index in [1.54, 1.807) is 12.5 Å². The van der Waals surface area contributed by atoms with Crippen molar-refractivity contribution in [2.45, 2.75) is 26.1 Å². The molecule has 0 atom stereocenters. The van der Waals surface area contributed by atoms with Gasteiger partial charge in [-0.1, -0.05) is 30.3 Å². The molecule has 3 N–H and O–H groups in total. The summed E-state index contributed by atoms with van der Waals surface area (Å²) in [6.07, 6.45) is 6.46. The number of nitrogens with zero attached hydrogens (tertiary/aromatic N) is 2. The van der Waals surface area contributed by atoms with E-state index < -0.39 is 0 Å². The number of hydrogen-bond donors (Lipinski definition) is 3. The fraction of sp³-hybridized carbons (Fsp3) is 0.238. The fourth-order valence-corrected chi connectivity index (χ4v) is 3.47. The van der Waals surface area contributed by atoms with E-state index in [0.29, 0.717) is 6.54 Å². The van der Waals surface area contributed by atoms with E-state index in [-0.39, 0.29) is 6.03 Å². The van der Waals surface area contributed by atoms with Crippen LogP contribution in [0.25, 0.3) is 0 Å². The van der Waals surface area contributed by atoms with Crippen molar-refractivity contribution in [2.24, 2.45) is 0 Å². The molecule has 0 spiro atoms. The van der Waals surface area contributed by atoms with Crippen LogP contribution >= 0.6 is 0 Å². The number of imidazole rings is 1. The topological polar surface area (TPSA) is 71.0 Å². The highest BCUT2D eigenvalue weighted by atomic mass is 16.2. The zero-order valence-corrected chi connectivity index (χ0v) is 15.1. The molecule has 0 saturated heterocycles. The van der Waals surface area contributed by atoms with Crippen LogP contribution in [0.1, 0.15) is 22.3 Å². The Hall–Kier alpha value is -3.12. The number of rotatable bonds is 5. The first-order valence-corrected chi connectivity index (χ1v) is 9.18. The van der Waals surface area contributed by atoms with E-state index in [0.717, 1.165) is 37.3 Å². The molecule has 6 heteroatoms. The van der Waals surface area contributed by atoms with Gasteiger partial charge in [-0.15, -0.1) is 0 Å². The van der Waals surface area contributed by atoms with Crippen LogP contribution in [0.4, 0.5) is 10.5 Å². The molecule has 1 aromatic heterocycles. The van der Waals surface area contributed by atoms with Crippen LogP contribution in [0.5, 0.6) is 0 Å². The first-order chi connectivity index (χ1) is 13.3. The zero-order valence-electron chi connectivity index (χ0n) is 15.1. The molecular formula is C21H23N5O. The van der Waals surface area contributed by atoms with Gasteiger partial charge in [0.2, 0.25) is 0 Å². The van der Waals surface area contributed by atoms with Gasteiger partial charge in [0, 0.05) is 37.7 Å². The first kappa shape index (κ1) is 17.3. The Balaban J connectivity index is 1.36. The number of fused-ring (bicyclic) bond motifs is 1. The van der Waals surface area contributed by atoms with E-state index in [1.165, 1.54) is 16.7 Å². The number of carbonyl (C=O) groups excluding carboxylic acids is 1. The van der Waals surface area contributed by atoms with Crippen LogP contribution in [0, 0.1) is 0 Å². The summed E-state index contributed by atoms with van der Waals surface area (Å²) in [6, 6.07) is 14.0. The summed E-state index contributed by atoms with van der Waals surface area (Å²) in [6.45, 7) is 3.14.